The molecule has 2 rings (SSSR count). The number of carbonyl (C=O) groups is 1. The summed E-state index contributed by atoms with van der Waals surface area (Å²) in [5.74, 6) is -1.27. The predicted octanol–water partition coefficient (Wildman–Crippen LogP) is 3.22. The van der Waals surface area contributed by atoms with Gasteiger partial charge in [0.1, 0.15) is 5.82 Å². The smallest absolute Gasteiger partial charge is 0.340 e. The van der Waals surface area contributed by atoms with Crippen LogP contribution in [0.5, 0.6) is 0 Å². The minimum Gasteiger partial charge on any atom is -0.465 e. The van der Waals surface area contributed by atoms with E-state index in [9.17, 15) is 9.18 Å². The first-order valence-corrected chi connectivity index (χ1v) is 5.86. The predicted molar refractivity (Wildman–Crippen MR) is 71.5 cm³/mol. The summed E-state index contributed by atoms with van der Waals surface area (Å²) in [6, 6.07) is 14.1. The highest BCUT2D eigenvalue weighted by molar-refractivity contribution is 5.90. The summed E-state index contributed by atoms with van der Waals surface area (Å²) in [6.07, 6.45) is 0. The van der Waals surface area contributed by atoms with Gasteiger partial charge in [0.2, 0.25) is 0 Å². The fraction of sp³-hybridized carbons (Fsp3) is 0.133. The van der Waals surface area contributed by atoms with Crippen LogP contribution in [0.15, 0.2) is 48.5 Å². The first kappa shape index (κ1) is 13.1. The largest absolute Gasteiger partial charge is 0.465 e. The number of benzene rings is 2. The molecule has 19 heavy (non-hydrogen) atoms. The standard InChI is InChI=1S/C15H14FNO2/c1-19-15(18)13-8-7-12(9-14(13)16)17-10-11-5-3-2-4-6-11/h2-9,17H,10H2,1H3. The molecule has 4 heteroatoms. The number of methoxy groups -OCH3 is 1. The Morgan fingerprint density at radius 3 is 2.58 bits per heavy atom. The van der Waals surface area contributed by atoms with Crippen molar-refractivity contribution in [2.75, 3.05) is 12.4 Å². The van der Waals surface area contributed by atoms with Gasteiger partial charge in [-0.2, -0.15) is 0 Å². The number of nitrogens with one attached hydrogen (secondary N) is 1. The minimum absolute atomic E-state index is 0.0623. The molecule has 0 aliphatic heterocycles. The number of hydrogen-bond donors (Lipinski definition) is 1. The van der Waals surface area contributed by atoms with Crippen LogP contribution >= 0.6 is 0 Å². The van der Waals surface area contributed by atoms with Crippen molar-refractivity contribution in [2.24, 2.45) is 0 Å². The van der Waals surface area contributed by atoms with Crippen molar-refractivity contribution in [3.63, 3.8) is 0 Å². The van der Waals surface area contributed by atoms with Crippen molar-refractivity contribution in [1.29, 1.82) is 0 Å². The van der Waals surface area contributed by atoms with Crippen LogP contribution in [0.2, 0.25) is 0 Å². The number of anilines is 1. The molecule has 0 saturated heterocycles. The lowest BCUT2D eigenvalue weighted by molar-refractivity contribution is 0.0595. The second-order valence-electron chi connectivity index (χ2n) is 4.03. The summed E-state index contributed by atoms with van der Waals surface area (Å²) in [5, 5.41) is 3.09. The minimum atomic E-state index is -0.674. The molecule has 0 bridgehead atoms. The fourth-order valence-corrected chi connectivity index (χ4v) is 1.70. The van der Waals surface area contributed by atoms with Gasteiger partial charge in [0.05, 0.1) is 12.7 Å². The van der Waals surface area contributed by atoms with Gasteiger partial charge >= 0.3 is 5.97 Å². The zero-order chi connectivity index (χ0) is 13.7. The van der Waals surface area contributed by atoms with Gasteiger partial charge in [0.25, 0.3) is 0 Å². The molecule has 0 saturated carbocycles. The summed E-state index contributed by atoms with van der Waals surface area (Å²) >= 11 is 0. The van der Waals surface area contributed by atoms with E-state index in [1.165, 1.54) is 19.2 Å². The third kappa shape index (κ3) is 3.31. The van der Waals surface area contributed by atoms with Gasteiger partial charge in [0.15, 0.2) is 0 Å². The van der Waals surface area contributed by atoms with E-state index in [2.05, 4.69) is 10.1 Å². The molecule has 98 valence electrons. The summed E-state index contributed by atoms with van der Waals surface area (Å²) in [7, 11) is 1.23. The number of halogens is 1. The highest BCUT2D eigenvalue weighted by Gasteiger charge is 2.11. The molecule has 0 spiro atoms. The average molecular weight is 259 g/mol. The zero-order valence-corrected chi connectivity index (χ0v) is 10.5. The first-order chi connectivity index (χ1) is 9.20. The van der Waals surface area contributed by atoms with Crippen LogP contribution in [-0.2, 0) is 11.3 Å². The molecule has 0 heterocycles. The Bertz CT molecular complexity index is 570. The van der Waals surface area contributed by atoms with Crippen molar-refractivity contribution >= 4 is 11.7 Å². The number of rotatable bonds is 4. The monoisotopic (exact) mass is 259 g/mol. The molecule has 0 aliphatic rings. The van der Waals surface area contributed by atoms with Gasteiger partial charge in [-0.1, -0.05) is 30.3 Å². The van der Waals surface area contributed by atoms with Crippen molar-refractivity contribution in [1.82, 2.24) is 0 Å². The van der Waals surface area contributed by atoms with E-state index in [0.29, 0.717) is 12.2 Å². The molecule has 0 aromatic heterocycles. The van der Waals surface area contributed by atoms with E-state index in [1.54, 1.807) is 6.07 Å². The average Bonchev–Trinajstić information content (AvgIpc) is 2.45. The van der Waals surface area contributed by atoms with Gasteiger partial charge in [-0.25, -0.2) is 9.18 Å². The van der Waals surface area contributed by atoms with Crippen molar-refractivity contribution in [3.05, 3.63) is 65.5 Å². The maximum Gasteiger partial charge on any atom is 0.340 e. The number of esters is 1. The Morgan fingerprint density at radius 1 is 1.21 bits per heavy atom. The van der Waals surface area contributed by atoms with Crippen LogP contribution in [0.1, 0.15) is 15.9 Å². The van der Waals surface area contributed by atoms with Crippen molar-refractivity contribution in [3.8, 4) is 0 Å². The van der Waals surface area contributed by atoms with Crippen LogP contribution in [-0.4, -0.2) is 13.1 Å². The molecule has 0 atom stereocenters. The van der Waals surface area contributed by atoms with Crippen molar-refractivity contribution < 1.29 is 13.9 Å². The fourth-order valence-electron chi connectivity index (χ4n) is 1.70. The molecular formula is C15H14FNO2. The molecule has 1 N–H and O–H groups in total. The summed E-state index contributed by atoms with van der Waals surface area (Å²) in [5.41, 5.74) is 1.65. The van der Waals surface area contributed by atoms with E-state index in [1.807, 2.05) is 30.3 Å². The lowest BCUT2D eigenvalue weighted by Crippen LogP contribution is -2.06. The zero-order valence-electron chi connectivity index (χ0n) is 10.5. The maximum atomic E-state index is 13.7. The normalized spacial score (nSPS) is 10.0. The third-order valence-electron chi connectivity index (χ3n) is 2.71. The molecule has 0 aliphatic carbocycles. The third-order valence-corrected chi connectivity index (χ3v) is 2.71. The van der Waals surface area contributed by atoms with E-state index in [4.69, 9.17) is 0 Å². The number of ether oxygens (including phenoxy) is 1. The highest BCUT2D eigenvalue weighted by atomic mass is 19.1. The topological polar surface area (TPSA) is 38.3 Å². The Labute approximate surface area is 111 Å². The lowest BCUT2D eigenvalue weighted by Gasteiger charge is -2.08. The van der Waals surface area contributed by atoms with Crippen LogP contribution in [0.3, 0.4) is 0 Å². The Kier molecular flexibility index (Phi) is 4.13. The Balaban J connectivity index is 2.06. The van der Waals surface area contributed by atoms with E-state index in [-0.39, 0.29) is 5.56 Å². The molecule has 2 aromatic carbocycles. The molecule has 2 aromatic rings. The maximum absolute atomic E-state index is 13.7. The van der Waals surface area contributed by atoms with Gasteiger partial charge < -0.3 is 10.1 Å². The molecule has 3 nitrogen and oxygen atoms in total. The molecule has 0 radical (unpaired) electrons. The van der Waals surface area contributed by atoms with Gasteiger partial charge in [-0.15, -0.1) is 0 Å². The van der Waals surface area contributed by atoms with Crippen LogP contribution < -0.4 is 5.32 Å². The van der Waals surface area contributed by atoms with E-state index in [0.717, 1.165) is 5.56 Å². The first-order valence-electron chi connectivity index (χ1n) is 5.86. The van der Waals surface area contributed by atoms with Gasteiger partial charge in [-0.05, 0) is 23.8 Å². The van der Waals surface area contributed by atoms with E-state index >= 15 is 0 Å². The molecule has 0 unspecified atom stereocenters. The second kappa shape index (κ2) is 6.00. The van der Waals surface area contributed by atoms with Crippen LogP contribution in [0.4, 0.5) is 10.1 Å². The Morgan fingerprint density at radius 2 is 1.95 bits per heavy atom. The van der Waals surface area contributed by atoms with Gasteiger partial charge in [-0.3, -0.25) is 0 Å². The summed E-state index contributed by atoms with van der Waals surface area (Å²) < 4.78 is 18.2. The van der Waals surface area contributed by atoms with Crippen LogP contribution in [0, 0.1) is 5.82 Å². The van der Waals surface area contributed by atoms with E-state index < -0.39 is 11.8 Å². The molecule has 0 fully saturated rings. The summed E-state index contributed by atoms with van der Waals surface area (Å²) in [4.78, 5) is 11.2. The highest BCUT2D eigenvalue weighted by Crippen LogP contribution is 2.16. The SMILES string of the molecule is COC(=O)c1ccc(NCc2ccccc2)cc1F. The quantitative estimate of drug-likeness (QED) is 0.857. The van der Waals surface area contributed by atoms with Crippen molar-refractivity contribution in [2.45, 2.75) is 6.54 Å². The molecular weight excluding hydrogens is 245 g/mol. The number of hydrogen-bond acceptors (Lipinski definition) is 3. The second-order valence-corrected chi connectivity index (χ2v) is 4.03. The molecule has 0 amide bonds. The van der Waals surface area contributed by atoms with Crippen LogP contribution in [0.25, 0.3) is 0 Å². The summed E-state index contributed by atoms with van der Waals surface area (Å²) in [6.45, 7) is 0.595. The van der Waals surface area contributed by atoms with Gasteiger partial charge in [0, 0.05) is 12.2 Å². The Hall–Kier alpha value is -2.36. The lowest BCUT2D eigenvalue weighted by atomic mass is 10.2. The number of carbonyl (C=O) groups excluding carboxylic acids is 1.